The number of aromatic amines is 1. The number of carboxylic acid groups (broad SMARTS) is 1. The molecule has 3 rings (SSSR count). The normalized spacial score (nSPS) is 10.1. The summed E-state index contributed by atoms with van der Waals surface area (Å²) >= 11 is 0. The van der Waals surface area contributed by atoms with Crippen molar-refractivity contribution in [2.24, 2.45) is 0 Å². The average Bonchev–Trinajstić information content (AvgIpc) is 2.87. The number of halogens is 1. The van der Waals surface area contributed by atoms with E-state index in [1.165, 1.54) is 0 Å². The predicted octanol–water partition coefficient (Wildman–Crippen LogP) is 3.35. The zero-order valence-electron chi connectivity index (χ0n) is 9.83. The second kappa shape index (κ2) is 5.12. The number of hydrogen-bond acceptors (Lipinski definition) is 2. The van der Waals surface area contributed by atoms with E-state index in [0.717, 1.165) is 16.3 Å². The van der Waals surface area contributed by atoms with Gasteiger partial charge in [-0.05, 0) is 16.3 Å². The zero-order chi connectivity index (χ0) is 12.5. The molecule has 96 valence electrons. The van der Waals surface area contributed by atoms with E-state index >= 15 is 0 Å². The molecule has 0 atom stereocenters. The summed E-state index contributed by atoms with van der Waals surface area (Å²) in [6.07, 6.45) is 1.55. The van der Waals surface area contributed by atoms with Gasteiger partial charge in [0.05, 0.1) is 6.20 Å². The summed E-state index contributed by atoms with van der Waals surface area (Å²) in [5, 5.41) is 17.6. The molecule has 0 amide bonds. The molecule has 4 nitrogen and oxygen atoms in total. The average molecular weight is 275 g/mol. The topological polar surface area (TPSA) is 66.0 Å². The van der Waals surface area contributed by atoms with Crippen LogP contribution < -0.4 is 0 Å². The quantitative estimate of drug-likeness (QED) is 0.753. The molecular weight excluding hydrogens is 264 g/mol. The third-order valence-corrected chi connectivity index (χ3v) is 2.93. The Morgan fingerprint density at radius 1 is 1.05 bits per heavy atom. The van der Waals surface area contributed by atoms with Gasteiger partial charge in [0, 0.05) is 5.56 Å². The molecule has 0 fully saturated rings. The van der Waals surface area contributed by atoms with Gasteiger partial charge in [0.15, 0.2) is 5.69 Å². The Morgan fingerprint density at radius 3 is 2.58 bits per heavy atom. The van der Waals surface area contributed by atoms with Crippen molar-refractivity contribution in [3.8, 4) is 11.1 Å². The molecule has 2 aromatic carbocycles. The molecule has 0 aliphatic heterocycles. The van der Waals surface area contributed by atoms with E-state index in [-0.39, 0.29) is 18.1 Å². The molecule has 0 aliphatic rings. The molecule has 0 bridgehead atoms. The molecule has 5 heteroatoms. The van der Waals surface area contributed by atoms with Crippen molar-refractivity contribution >= 4 is 29.1 Å². The van der Waals surface area contributed by atoms with Gasteiger partial charge in [0.2, 0.25) is 0 Å². The Hall–Kier alpha value is -2.33. The number of benzene rings is 2. The van der Waals surface area contributed by atoms with E-state index < -0.39 is 5.97 Å². The van der Waals surface area contributed by atoms with Crippen molar-refractivity contribution in [3.63, 3.8) is 0 Å². The highest BCUT2D eigenvalue weighted by atomic mass is 35.5. The first-order chi connectivity index (χ1) is 8.77. The Morgan fingerprint density at radius 2 is 1.79 bits per heavy atom. The van der Waals surface area contributed by atoms with Gasteiger partial charge in [-0.1, -0.05) is 42.5 Å². The number of aromatic nitrogens is 2. The molecular formula is C14H11ClN2O2. The highest BCUT2D eigenvalue weighted by Gasteiger charge is 2.15. The Balaban J connectivity index is 0.00000133. The number of nitrogens with zero attached hydrogens (tertiary/aromatic N) is 1. The first-order valence-corrected chi connectivity index (χ1v) is 5.52. The lowest BCUT2D eigenvalue weighted by Crippen LogP contribution is -1.99. The van der Waals surface area contributed by atoms with E-state index in [2.05, 4.69) is 10.2 Å². The minimum absolute atomic E-state index is 0. The molecule has 0 radical (unpaired) electrons. The molecule has 0 saturated carbocycles. The van der Waals surface area contributed by atoms with Crippen LogP contribution in [0.5, 0.6) is 0 Å². The van der Waals surface area contributed by atoms with Crippen LogP contribution in [0.2, 0.25) is 0 Å². The summed E-state index contributed by atoms with van der Waals surface area (Å²) in [6, 6.07) is 13.7. The molecule has 0 saturated heterocycles. The SMILES string of the molecule is Cl.O=C(O)c1[nH]ncc1-c1cccc2ccccc12. The van der Waals surface area contributed by atoms with Gasteiger partial charge in [-0.3, -0.25) is 5.10 Å². The predicted molar refractivity (Wildman–Crippen MR) is 75.7 cm³/mol. The smallest absolute Gasteiger partial charge is 0.354 e. The summed E-state index contributed by atoms with van der Waals surface area (Å²) in [7, 11) is 0. The second-order valence-electron chi connectivity index (χ2n) is 3.99. The van der Waals surface area contributed by atoms with Crippen LogP contribution in [-0.4, -0.2) is 21.3 Å². The van der Waals surface area contributed by atoms with E-state index in [9.17, 15) is 4.79 Å². The molecule has 19 heavy (non-hydrogen) atoms. The van der Waals surface area contributed by atoms with Crippen LogP contribution in [-0.2, 0) is 0 Å². The lowest BCUT2D eigenvalue weighted by atomic mass is 9.99. The van der Waals surface area contributed by atoms with Gasteiger partial charge in [-0.25, -0.2) is 4.79 Å². The number of aromatic carboxylic acids is 1. The largest absolute Gasteiger partial charge is 0.477 e. The minimum Gasteiger partial charge on any atom is -0.477 e. The monoisotopic (exact) mass is 274 g/mol. The highest BCUT2D eigenvalue weighted by molar-refractivity contribution is 6.02. The standard InChI is InChI=1S/C14H10N2O2.ClH/c17-14(18)13-12(8-15-16-13)11-7-3-5-9-4-1-2-6-10(9)11;/h1-8H,(H,15,16)(H,17,18);1H. The zero-order valence-corrected chi connectivity index (χ0v) is 10.6. The van der Waals surface area contributed by atoms with Gasteiger partial charge < -0.3 is 5.11 Å². The second-order valence-corrected chi connectivity index (χ2v) is 3.99. The van der Waals surface area contributed by atoms with E-state index in [1.807, 2.05) is 42.5 Å². The van der Waals surface area contributed by atoms with Gasteiger partial charge in [0.25, 0.3) is 0 Å². The van der Waals surface area contributed by atoms with Crippen molar-refractivity contribution in [1.29, 1.82) is 0 Å². The van der Waals surface area contributed by atoms with Gasteiger partial charge in [0.1, 0.15) is 0 Å². The van der Waals surface area contributed by atoms with Crippen LogP contribution in [0.1, 0.15) is 10.5 Å². The van der Waals surface area contributed by atoms with Crippen molar-refractivity contribution in [1.82, 2.24) is 10.2 Å². The summed E-state index contributed by atoms with van der Waals surface area (Å²) in [5.41, 5.74) is 1.60. The maximum Gasteiger partial charge on any atom is 0.354 e. The fourth-order valence-corrected chi connectivity index (χ4v) is 2.11. The fourth-order valence-electron chi connectivity index (χ4n) is 2.11. The van der Waals surface area contributed by atoms with E-state index in [1.54, 1.807) is 6.20 Å². The summed E-state index contributed by atoms with van der Waals surface area (Å²) in [6.45, 7) is 0. The molecule has 3 aromatic rings. The maximum absolute atomic E-state index is 11.1. The van der Waals surface area contributed by atoms with Gasteiger partial charge in [-0.15, -0.1) is 12.4 Å². The lowest BCUT2D eigenvalue weighted by Gasteiger charge is -2.05. The van der Waals surface area contributed by atoms with Crippen LogP contribution in [0.15, 0.2) is 48.7 Å². The molecule has 1 aromatic heterocycles. The van der Waals surface area contributed by atoms with Gasteiger partial charge >= 0.3 is 5.97 Å². The third kappa shape index (κ3) is 2.18. The molecule has 2 N–H and O–H groups in total. The number of rotatable bonds is 2. The number of carboxylic acids is 1. The van der Waals surface area contributed by atoms with Crippen molar-refractivity contribution < 1.29 is 9.90 Å². The minimum atomic E-state index is -1.00. The number of nitrogens with one attached hydrogen (secondary N) is 1. The van der Waals surface area contributed by atoms with E-state index in [0.29, 0.717) is 5.56 Å². The Kier molecular flexibility index (Phi) is 3.53. The number of carbonyl (C=O) groups is 1. The number of hydrogen-bond donors (Lipinski definition) is 2. The Bertz CT molecular complexity index is 732. The number of H-pyrrole nitrogens is 1. The number of fused-ring (bicyclic) bond motifs is 1. The summed E-state index contributed by atoms with van der Waals surface area (Å²) < 4.78 is 0. The third-order valence-electron chi connectivity index (χ3n) is 2.93. The van der Waals surface area contributed by atoms with Crippen LogP contribution >= 0.6 is 12.4 Å². The van der Waals surface area contributed by atoms with Crippen LogP contribution in [0, 0.1) is 0 Å². The summed E-state index contributed by atoms with van der Waals surface area (Å²) in [5.74, 6) is -1.00. The molecule has 1 heterocycles. The first kappa shape index (κ1) is 13.1. The highest BCUT2D eigenvalue weighted by Crippen LogP contribution is 2.29. The van der Waals surface area contributed by atoms with Gasteiger partial charge in [-0.2, -0.15) is 5.10 Å². The van der Waals surface area contributed by atoms with Crippen molar-refractivity contribution in [3.05, 3.63) is 54.4 Å². The Labute approximate surface area is 115 Å². The van der Waals surface area contributed by atoms with Crippen LogP contribution in [0.3, 0.4) is 0 Å². The maximum atomic E-state index is 11.1. The van der Waals surface area contributed by atoms with Crippen molar-refractivity contribution in [2.45, 2.75) is 0 Å². The van der Waals surface area contributed by atoms with Crippen molar-refractivity contribution in [2.75, 3.05) is 0 Å². The lowest BCUT2D eigenvalue weighted by molar-refractivity contribution is 0.0691. The summed E-state index contributed by atoms with van der Waals surface area (Å²) in [4.78, 5) is 11.1. The van der Waals surface area contributed by atoms with E-state index in [4.69, 9.17) is 5.11 Å². The molecule has 0 aliphatic carbocycles. The van der Waals surface area contributed by atoms with Crippen LogP contribution in [0.4, 0.5) is 0 Å². The molecule has 0 spiro atoms. The van der Waals surface area contributed by atoms with Crippen LogP contribution in [0.25, 0.3) is 21.9 Å². The fraction of sp³-hybridized carbons (Fsp3) is 0. The molecule has 0 unspecified atom stereocenters. The first-order valence-electron chi connectivity index (χ1n) is 5.52.